The number of ether oxygens (including phenoxy) is 1. The molecule has 1 aliphatic rings. The largest absolute Gasteiger partial charge is 0.378 e. The number of morpholine rings is 1. The van der Waals surface area contributed by atoms with Crippen LogP contribution in [0.25, 0.3) is 0 Å². The number of nitrogens with zero attached hydrogens (tertiary/aromatic N) is 2. The molecule has 1 fully saturated rings. The minimum absolute atomic E-state index is 0.0345. The van der Waals surface area contributed by atoms with Gasteiger partial charge in [-0.2, -0.15) is 0 Å². The molecular weight excluding hydrogens is 373 g/mol. The summed E-state index contributed by atoms with van der Waals surface area (Å²) in [5.74, 6) is -0.736. The summed E-state index contributed by atoms with van der Waals surface area (Å²) in [6.07, 6.45) is 0.660. The zero-order chi connectivity index (χ0) is 20.6. The van der Waals surface area contributed by atoms with Crippen LogP contribution in [-0.4, -0.2) is 56.6 Å². The molecule has 1 saturated heterocycles. The van der Waals surface area contributed by atoms with E-state index in [1.165, 1.54) is 17.0 Å². The summed E-state index contributed by atoms with van der Waals surface area (Å²) in [4.78, 5) is 28.1. The Kier molecular flexibility index (Phi) is 7.19. The third-order valence-electron chi connectivity index (χ3n) is 4.85. The summed E-state index contributed by atoms with van der Waals surface area (Å²) in [5, 5.41) is 2.81. The average molecular weight is 399 g/mol. The molecule has 154 valence electrons. The lowest BCUT2D eigenvalue weighted by Gasteiger charge is -2.28. The van der Waals surface area contributed by atoms with Gasteiger partial charge in [-0.05, 0) is 48.4 Å². The van der Waals surface area contributed by atoms with Gasteiger partial charge in [0.2, 0.25) is 11.8 Å². The van der Waals surface area contributed by atoms with E-state index in [4.69, 9.17) is 4.74 Å². The highest BCUT2D eigenvalue weighted by Gasteiger charge is 2.14. The Bertz CT molecular complexity index is 835. The van der Waals surface area contributed by atoms with Gasteiger partial charge in [-0.3, -0.25) is 9.59 Å². The van der Waals surface area contributed by atoms with E-state index in [1.807, 2.05) is 24.3 Å². The first-order valence-electron chi connectivity index (χ1n) is 9.72. The van der Waals surface area contributed by atoms with Crippen molar-refractivity contribution in [3.63, 3.8) is 0 Å². The smallest absolute Gasteiger partial charge is 0.243 e. The van der Waals surface area contributed by atoms with Gasteiger partial charge < -0.3 is 19.9 Å². The van der Waals surface area contributed by atoms with Crippen LogP contribution < -0.4 is 10.2 Å². The number of rotatable bonds is 7. The Labute approximate surface area is 170 Å². The van der Waals surface area contributed by atoms with Gasteiger partial charge >= 0.3 is 0 Å². The lowest BCUT2D eigenvalue weighted by atomic mass is 10.1. The van der Waals surface area contributed by atoms with E-state index in [0.29, 0.717) is 12.1 Å². The van der Waals surface area contributed by atoms with Gasteiger partial charge in [-0.1, -0.05) is 12.1 Å². The van der Waals surface area contributed by atoms with Crippen molar-refractivity contribution in [1.29, 1.82) is 0 Å². The molecule has 0 aliphatic carbocycles. The molecule has 3 rings (SSSR count). The van der Waals surface area contributed by atoms with E-state index < -0.39 is 0 Å². The Morgan fingerprint density at radius 1 is 1.14 bits per heavy atom. The first kappa shape index (κ1) is 20.8. The molecular formula is C22H26FN3O3. The number of benzene rings is 2. The molecule has 6 nitrogen and oxygen atoms in total. The first-order chi connectivity index (χ1) is 14.0. The Balaban J connectivity index is 1.44. The summed E-state index contributed by atoms with van der Waals surface area (Å²) >= 11 is 0. The minimum Gasteiger partial charge on any atom is -0.378 e. The second kappa shape index (κ2) is 10.0. The number of amides is 2. The standard InChI is InChI=1S/C22H26FN3O3/c1-25(22(28)10-5-17-3-2-4-18(23)15-17)16-21(27)24-19-6-8-20(9-7-19)26-11-13-29-14-12-26/h2-4,6-9,15H,5,10-14,16H2,1H3,(H,24,27). The predicted octanol–water partition coefficient (Wildman–Crippen LogP) is 2.69. The maximum atomic E-state index is 13.2. The van der Waals surface area contributed by atoms with Gasteiger partial charge in [0.15, 0.2) is 0 Å². The fraction of sp³-hybridized carbons (Fsp3) is 0.364. The predicted molar refractivity (Wildman–Crippen MR) is 110 cm³/mol. The van der Waals surface area contributed by atoms with Crippen molar-refractivity contribution < 1.29 is 18.7 Å². The zero-order valence-corrected chi connectivity index (χ0v) is 16.6. The highest BCUT2D eigenvalue weighted by atomic mass is 19.1. The number of carbonyl (C=O) groups is 2. The molecule has 7 heteroatoms. The molecule has 2 aromatic rings. The number of anilines is 2. The van der Waals surface area contributed by atoms with Crippen LogP contribution in [0.5, 0.6) is 0 Å². The van der Waals surface area contributed by atoms with Crippen molar-refractivity contribution in [2.24, 2.45) is 0 Å². The van der Waals surface area contributed by atoms with E-state index in [-0.39, 0.29) is 30.6 Å². The Morgan fingerprint density at radius 2 is 1.86 bits per heavy atom. The van der Waals surface area contributed by atoms with Gasteiger partial charge in [-0.15, -0.1) is 0 Å². The van der Waals surface area contributed by atoms with Crippen molar-refractivity contribution in [2.75, 3.05) is 50.1 Å². The van der Waals surface area contributed by atoms with Gasteiger partial charge in [0.25, 0.3) is 0 Å². The van der Waals surface area contributed by atoms with E-state index in [1.54, 1.807) is 19.2 Å². The molecule has 0 aromatic heterocycles. The van der Waals surface area contributed by atoms with Gasteiger partial charge in [0, 0.05) is 37.9 Å². The van der Waals surface area contributed by atoms with Crippen LogP contribution in [0.2, 0.25) is 0 Å². The fourth-order valence-corrected chi connectivity index (χ4v) is 3.22. The van der Waals surface area contributed by atoms with E-state index in [9.17, 15) is 14.0 Å². The van der Waals surface area contributed by atoms with Crippen LogP contribution in [0, 0.1) is 5.82 Å². The maximum absolute atomic E-state index is 13.2. The monoisotopic (exact) mass is 399 g/mol. The molecule has 0 spiro atoms. The summed E-state index contributed by atoms with van der Waals surface area (Å²) in [6.45, 7) is 3.12. The number of carbonyl (C=O) groups excluding carboxylic acids is 2. The van der Waals surface area contributed by atoms with Crippen molar-refractivity contribution in [2.45, 2.75) is 12.8 Å². The van der Waals surface area contributed by atoms with Crippen LogP contribution in [-0.2, 0) is 20.7 Å². The number of nitrogens with one attached hydrogen (secondary N) is 1. The number of halogens is 1. The molecule has 2 amide bonds. The first-order valence-corrected chi connectivity index (χ1v) is 9.72. The minimum atomic E-state index is -0.317. The third kappa shape index (κ3) is 6.29. The van der Waals surface area contributed by atoms with Crippen molar-refractivity contribution in [3.8, 4) is 0 Å². The summed E-state index contributed by atoms with van der Waals surface area (Å²) in [5.41, 5.74) is 2.54. The van der Waals surface area contributed by atoms with Crippen LogP contribution in [0.4, 0.5) is 15.8 Å². The van der Waals surface area contributed by atoms with Crippen molar-refractivity contribution in [3.05, 3.63) is 59.9 Å². The van der Waals surface area contributed by atoms with Crippen LogP contribution in [0.1, 0.15) is 12.0 Å². The normalized spacial score (nSPS) is 13.8. The Morgan fingerprint density at radius 3 is 2.55 bits per heavy atom. The molecule has 2 aromatic carbocycles. The molecule has 0 radical (unpaired) electrons. The molecule has 0 unspecified atom stereocenters. The third-order valence-corrected chi connectivity index (χ3v) is 4.85. The molecule has 1 aliphatic heterocycles. The van der Waals surface area contributed by atoms with Crippen LogP contribution in [0.15, 0.2) is 48.5 Å². The average Bonchev–Trinajstić information content (AvgIpc) is 2.73. The topological polar surface area (TPSA) is 61.9 Å². The molecule has 0 atom stereocenters. The van der Waals surface area contributed by atoms with Crippen molar-refractivity contribution >= 4 is 23.2 Å². The number of hydrogen-bond acceptors (Lipinski definition) is 4. The lowest BCUT2D eigenvalue weighted by Crippen LogP contribution is -2.36. The van der Waals surface area contributed by atoms with Gasteiger partial charge in [-0.25, -0.2) is 4.39 Å². The maximum Gasteiger partial charge on any atom is 0.243 e. The van der Waals surface area contributed by atoms with Crippen LogP contribution >= 0.6 is 0 Å². The quantitative estimate of drug-likeness (QED) is 0.778. The van der Waals surface area contributed by atoms with E-state index in [0.717, 1.165) is 37.6 Å². The highest BCUT2D eigenvalue weighted by molar-refractivity contribution is 5.94. The number of likely N-dealkylation sites (N-methyl/N-ethyl adjacent to an activating group) is 1. The van der Waals surface area contributed by atoms with E-state index in [2.05, 4.69) is 10.2 Å². The summed E-state index contributed by atoms with van der Waals surface area (Å²) in [7, 11) is 1.59. The second-order valence-electron chi connectivity index (χ2n) is 7.07. The second-order valence-corrected chi connectivity index (χ2v) is 7.07. The van der Waals surface area contributed by atoms with Gasteiger partial charge in [0.05, 0.1) is 19.8 Å². The summed E-state index contributed by atoms with van der Waals surface area (Å²) in [6, 6.07) is 13.8. The molecule has 0 saturated carbocycles. The van der Waals surface area contributed by atoms with E-state index >= 15 is 0 Å². The van der Waals surface area contributed by atoms with Gasteiger partial charge in [0.1, 0.15) is 5.82 Å². The SMILES string of the molecule is CN(CC(=O)Nc1ccc(N2CCOCC2)cc1)C(=O)CCc1cccc(F)c1. The highest BCUT2D eigenvalue weighted by Crippen LogP contribution is 2.19. The molecule has 29 heavy (non-hydrogen) atoms. The Hall–Kier alpha value is -2.93. The fourth-order valence-electron chi connectivity index (χ4n) is 3.22. The van der Waals surface area contributed by atoms with Crippen molar-refractivity contribution in [1.82, 2.24) is 4.90 Å². The lowest BCUT2D eigenvalue weighted by molar-refractivity contribution is -0.133. The molecule has 1 N–H and O–H groups in total. The number of aryl methyl sites for hydroxylation is 1. The molecule has 1 heterocycles. The number of hydrogen-bond donors (Lipinski definition) is 1. The molecule has 0 bridgehead atoms. The zero-order valence-electron chi connectivity index (χ0n) is 16.6. The summed E-state index contributed by atoms with van der Waals surface area (Å²) < 4.78 is 18.6. The van der Waals surface area contributed by atoms with Crippen LogP contribution in [0.3, 0.4) is 0 Å².